The van der Waals surface area contributed by atoms with Crippen molar-refractivity contribution in [3.8, 4) is 0 Å². The minimum Gasteiger partial charge on any atom is -0.481 e. The second-order valence-electron chi connectivity index (χ2n) is 10.0. The van der Waals surface area contributed by atoms with E-state index >= 15 is 0 Å². The van der Waals surface area contributed by atoms with Crippen LogP contribution in [0, 0.1) is 17.3 Å². The molecule has 0 spiro atoms. The highest BCUT2D eigenvalue weighted by Gasteiger charge is 2.44. The van der Waals surface area contributed by atoms with E-state index in [1.165, 1.54) is 4.90 Å². The molecule has 0 saturated carbocycles. The molecule has 3 atom stereocenters. The first-order valence-electron chi connectivity index (χ1n) is 10.5. The lowest BCUT2D eigenvalue weighted by Gasteiger charge is -2.43. The second-order valence-corrected chi connectivity index (χ2v) is 10.0. The lowest BCUT2D eigenvalue weighted by Crippen LogP contribution is -2.57. The van der Waals surface area contributed by atoms with Crippen LogP contribution in [0.4, 0.5) is 4.79 Å². The van der Waals surface area contributed by atoms with Crippen molar-refractivity contribution < 1.29 is 34.3 Å². The van der Waals surface area contributed by atoms with E-state index < -0.39 is 36.2 Å². The second kappa shape index (κ2) is 10.5. The third-order valence-electron chi connectivity index (χ3n) is 5.11. The van der Waals surface area contributed by atoms with E-state index in [1.54, 1.807) is 27.7 Å². The molecule has 1 rings (SSSR count). The Morgan fingerprint density at radius 3 is 2.33 bits per heavy atom. The highest BCUT2D eigenvalue weighted by Crippen LogP contribution is 2.36. The number of piperidine rings is 1. The van der Waals surface area contributed by atoms with Gasteiger partial charge < -0.3 is 30.1 Å². The first-order valence-corrected chi connectivity index (χ1v) is 10.5. The fourth-order valence-corrected chi connectivity index (χ4v) is 3.83. The Bertz CT molecular complexity index is 621. The Morgan fingerprint density at radius 1 is 1.27 bits per heavy atom. The zero-order valence-corrected chi connectivity index (χ0v) is 19.0. The fourth-order valence-electron chi connectivity index (χ4n) is 3.83. The van der Waals surface area contributed by atoms with Crippen LogP contribution in [0.2, 0.25) is 6.32 Å². The summed E-state index contributed by atoms with van der Waals surface area (Å²) in [4.78, 5) is 38.9. The van der Waals surface area contributed by atoms with Crippen LogP contribution < -0.4 is 5.32 Å². The molecule has 2 amide bonds. The summed E-state index contributed by atoms with van der Waals surface area (Å²) in [5.74, 6) is -1.43. The normalized spacial score (nSPS) is 23.1. The van der Waals surface area contributed by atoms with Gasteiger partial charge in [-0.05, 0) is 58.7 Å². The lowest BCUT2D eigenvalue weighted by atomic mass is 9.72. The summed E-state index contributed by atoms with van der Waals surface area (Å²) >= 11 is 0. The van der Waals surface area contributed by atoms with Gasteiger partial charge in [-0.25, -0.2) is 4.79 Å². The number of carbonyl (C=O) groups excluding carboxylic acids is 2. The van der Waals surface area contributed by atoms with E-state index in [9.17, 15) is 29.5 Å². The van der Waals surface area contributed by atoms with Crippen molar-refractivity contribution in [1.82, 2.24) is 10.2 Å². The van der Waals surface area contributed by atoms with Crippen LogP contribution in [0.1, 0.15) is 60.8 Å². The Kier molecular flexibility index (Phi) is 9.16. The average Bonchev–Trinajstić information content (AvgIpc) is 2.56. The molecule has 0 aromatic heterocycles. The number of alkyl carbamates (subject to hydrolysis) is 1. The highest BCUT2D eigenvalue weighted by molar-refractivity contribution is 6.40. The highest BCUT2D eigenvalue weighted by atomic mass is 16.6. The van der Waals surface area contributed by atoms with Gasteiger partial charge in [0.2, 0.25) is 5.91 Å². The summed E-state index contributed by atoms with van der Waals surface area (Å²) in [7, 11) is -1.48. The molecule has 1 heterocycles. The maximum atomic E-state index is 13.3. The van der Waals surface area contributed by atoms with Gasteiger partial charge in [-0.15, -0.1) is 0 Å². The van der Waals surface area contributed by atoms with Gasteiger partial charge in [-0.3, -0.25) is 9.59 Å². The van der Waals surface area contributed by atoms with Crippen LogP contribution >= 0.6 is 0 Å². The predicted molar refractivity (Wildman–Crippen MR) is 113 cm³/mol. The average molecular weight is 428 g/mol. The summed E-state index contributed by atoms with van der Waals surface area (Å²) in [6.07, 6.45) is 0.525. The number of nitrogens with zero attached hydrogens (tertiary/aromatic N) is 1. The van der Waals surface area contributed by atoms with Crippen LogP contribution in [0.25, 0.3) is 0 Å². The fraction of sp³-hybridized carbons (Fsp3) is 0.850. The number of rotatable bonds is 8. The largest absolute Gasteiger partial charge is 0.481 e. The quantitative estimate of drug-likeness (QED) is 0.432. The van der Waals surface area contributed by atoms with Gasteiger partial charge >= 0.3 is 19.2 Å². The number of ether oxygens (including phenoxy) is 1. The number of likely N-dealkylation sites (tertiary alicyclic amines) is 1. The van der Waals surface area contributed by atoms with Crippen molar-refractivity contribution in [1.29, 1.82) is 0 Å². The SMILES string of the molecule is CC(C)C[C@H](NC(=O)OC(C)(C)C)C(=O)N1C[C@@H](CCB(O)O)C[C@](C)(C(=O)O)C1. The summed E-state index contributed by atoms with van der Waals surface area (Å²) < 4.78 is 5.28. The van der Waals surface area contributed by atoms with Crippen LogP contribution in [0.15, 0.2) is 0 Å². The molecular formula is C20H37BN2O7. The number of hydrogen-bond acceptors (Lipinski definition) is 6. The molecule has 30 heavy (non-hydrogen) atoms. The van der Waals surface area contributed by atoms with Crippen LogP contribution in [-0.2, 0) is 14.3 Å². The molecule has 0 aromatic rings. The van der Waals surface area contributed by atoms with Crippen molar-refractivity contribution >= 4 is 25.1 Å². The number of hydrogen-bond donors (Lipinski definition) is 4. The van der Waals surface area contributed by atoms with Crippen molar-refractivity contribution in [3.63, 3.8) is 0 Å². The minimum atomic E-state index is -1.48. The zero-order chi connectivity index (χ0) is 23.3. The Labute approximate surface area is 179 Å². The molecule has 0 aliphatic carbocycles. The molecule has 4 N–H and O–H groups in total. The maximum absolute atomic E-state index is 13.3. The molecule has 0 unspecified atom stereocenters. The van der Waals surface area contributed by atoms with Crippen LogP contribution in [0.3, 0.4) is 0 Å². The molecule has 0 bridgehead atoms. The topological polar surface area (TPSA) is 136 Å². The zero-order valence-electron chi connectivity index (χ0n) is 19.0. The molecular weight excluding hydrogens is 391 g/mol. The van der Waals surface area contributed by atoms with E-state index in [0.29, 0.717) is 25.8 Å². The number of amides is 2. The Balaban J connectivity index is 3.03. The number of aliphatic carboxylic acids is 1. The Hall–Kier alpha value is -1.81. The molecule has 1 saturated heterocycles. The number of carboxylic acid groups (broad SMARTS) is 1. The molecule has 10 heteroatoms. The molecule has 0 radical (unpaired) electrons. The Morgan fingerprint density at radius 2 is 1.87 bits per heavy atom. The summed E-state index contributed by atoms with van der Waals surface area (Å²) in [6.45, 7) is 11.0. The first kappa shape index (κ1) is 26.2. The van der Waals surface area contributed by atoms with Crippen molar-refractivity contribution in [2.24, 2.45) is 17.3 Å². The monoisotopic (exact) mass is 428 g/mol. The van der Waals surface area contributed by atoms with E-state index in [-0.39, 0.29) is 30.6 Å². The number of carbonyl (C=O) groups is 3. The van der Waals surface area contributed by atoms with Gasteiger partial charge in [0.05, 0.1) is 5.41 Å². The van der Waals surface area contributed by atoms with E-state index in [2.05, 4.69) is 5.32 Å². The predicted octanol–water partition coefficient (Wildman–Crippen LogP) is 1.73. The smallest absolute Gasteiger partial charge is 0.451 e. The van der Waals surface area contributed by atoms with Crippen molar-refractivity contribution in [3.05, 3.63) is 0 Å². The molecule has 1 aliphatic heterocycles. The summed E-state index contributed by atoms with van der Waals surface area (Å²) in [5.41, 5.74) is -1.86. The minimum absolute atomic E-state index is 0.0317. The lowest BCUT2D eigenvalue weighted by molar-refractivity contribution is -0.156. The van der Waals surface area contributed by atoms with Gasteiger partial charge in [0.15, 0.2) is 0 Å². The van der Waals surface area contributed by atoms with E-state index in [4.69, 9.17) is 4.74 Å². The molecule has 172 valence electrons. The molecule has 0 aromatic carbocycles. The van der Waals surface area contributed by atoms with Gasteiger partial charge in [-0.2, -0.15) is 0 Å². The van der Waals surface area contributed by atoms with Crippen molar-refractivity contribution in [2.75, 3.05) is 13.1 Å². The molecule has 1 fully saturated rings. The summed E-state index contributed by atoms with van der Waals surface area (Å²) in [5, 5.41) is 30.7. The first-order chi connectivity index (χ1) is 13.6. The van der Waals surface area contributed by atoms with E-state index in [1.807, 2.05) is 13.8 Å². The van der Waals surface area contributed by atoms with Gasteiger partial charge in [0.1, 0.15) is 11.6 Å². The van der Waals surface area contributed by atoms with Crippen LogP contribution in [0.5, 0.6) is 0 Å². The van der Waals surface area contributed by atoms with Crippen molar-refractivity contribution in [2.45, 2.75) is 78.8 Å². The summed E-state index contributed by atoms with van der Waals surface area (Å²) in [6, 6.07) is -0.833. The standard InChI is InChI=1S/C20H37BN2O7/c1-13(2)9-15(22-18(27)30-19(3,4)5)16(24)23-11-14(7-8-21(28)29)10-20(6,12-23)17(25)26/h13-15,28-29H,7-12H2,1-6H3,(H,22,27)(H,25,26)/t14-,15-,20-/m0/s1. The third-order valence-corrected chi connectivity index (χ3v) is 5.11. The van der Waals surface area contributed by atoms with Gasteiger partial charge in [-0.1, -0.05) is 20.3 Å². The number of nitrogens with one attached hydrogen (secondary N) is 1. The third kappa shape index (κ3) is 8.51. The van der Waals surface area contributed by atoms with Gasteiger partial charge in [0.25, 0.3) is 0 Å². The van der Waals surface area contributed by atoms with Crippen LogP contribution in [-0.4, -0.2) is 69.9 Å². The number of carboxylic acids is 1. The molecule has 1 aliphatic rings. The van der Waals surface area contributed by atoms with E-state index in [0.717, 1.165) is 0 Å². The maximum Gasteiger partial charge on any atom is 0.451 e. The van der Waals surface area contributed by atoms with Gasteiger partial charge in [0, 0.05) is 13.1 Å². The molecule has 9 nitrogen and oxygen atoms in total.